The molecule has 3 heterocycles. The Hall–Kier alpha value is -1.96. The molecule has 0 aromatic carbocycles. The number of anilines is 1. The van der Waals surface area contributed by atoms with Crippen molar-refractivity contribution in [1.82, 2.24) is 29.8 Å². The van der Waals surface area contributed by atoms with Crippen molar-refractivity contribution < 1.29 is 4.52 Å². The molecule has 2 aromatic rings. The third kappa shape index (κ3) is 3.11. The van der Waals surface area contributed by atoms with Crippen LogP contribution in [0.4, 0.5) is 5.95 Å². The Morgan fingerprint density at radius 3 is 2.95 bits per heavy atom. The molecule has 1 atom stereocenters. The van der Waals surface area contributed by atoms with E-state index in [1.807, 2.05) is 7.05 Å². The molecule has 1 unspecified atom stereocenters. The quantitative estimate of drug-likeness (QED) is 0.862. The molecule has 0 bridgehead atoms. The Bertz CT molecular complexity index is 601. The van der Waals surface area contributed by atoms with Gasteiger partial charge in [0.2, 0.25) is 11.8 Å². The number of rotatable bonds is 6. The first kappa shape index (κ1) is 15.0. The Kier molecular flexibility index (Phi) is 4.37. The summed E-state index contributed by atoms with van der Waals surface area (Å²) in [5.41, 5.74) is 5.79. The second kappa shape index (κ2) is 6.43. The first-order chi connectivity index (χ1) is 10.7. The van der Waals surface area contributed by atoms with Gasteiger partial charge in [-0.3, -0.25) is 4.90 Å². The minimum Gasteiger partial charge on any atom is -0.368 e. The van der Waals surface area contributed by atoms with Gasteiger partial charge in [0.15, 0.2) is 11.6 Å². The van der Waals surface area contributed by atoms with Crippen LogP contribution in [0.5, 0.6) is 0 Å². The van der Waals surface area contributed by atoms with E-state index in [9.17, 15) is 0 Å². The van der Waals surface area contributed by atoms with E-state index in [2.05, 4.69) is 32.0 Å². The van der Waals surface area contributed by atoms with Gasteiger partial charge in [-0.2, -0.15) is 15.1 Å². The van der Waals surface area contributed by atoms with E-state index in [1.54, 1.807) is 4.68 Å². The summed E-state index contributed by atoms with van der Waals surface area (Å²) in [6, 6.07) is 0.175. The van der Waals surface area contributed by atoms with Crippen molar-refractivity contribution in [1.29, 1.82) is 0 Å². The lowest BCUT2D eigenvalue weighted by molar-refractivity contribution is 0.206. The van der Waals surface area contributed by atoms with Crippen LogP contribution in [0.3, 0.4) is 0 Å². The van der Waals surface area contributed by atoms with Gasteiger partial charge in [0.1, 0.15) is 0 Å². The summed E-state index contributed by atoms with van der Waals surface area (Å²) in [5.74, 6) is 2.69. The molecule has 8 heteroatoms. The van der Waals surface area contributed by atoms with Gasteiger partial charge in [-0.15, -0.1) is 0 Å². The third-order valence-electron chi connectivity index (χ3n) is 4.08. The number of hydrogen-bond donors (Lipinski definition) is 1. The Morgan fingerprint density at radius 1 is 1.36 bits per heavy atom. The normalized spacial score (nSPS) is 19.1. The molecule has 22 heavy (non-hydrogen) atoms. The van der Waals surface area contributed by atoms with Crippen LogP contribution in [0.15, 0.2) is 4.52 Å². The van der Waals surface area contributed by atoms with Crippen molar-refractivity contribution in [2.45, 2.75) is 51.6 Å². The molecule has 1 fully saturated rings. The van der Waals surface area contributed by atoms with Crippen molar-refractivity contribution >= 4 is 5.95 Å². The molecule has 8 nitrogen and oxygen atoms in total. The van der Waals surface area contributed by atoms with Crippen LogP contribution in [0.1, 0.15) is 56.2 Å². The average Bonchev–Trinajstić information content (AvgIpc) is 3.20. The van der Waals surface area contributed by atoms with Crippen molar-refractivity contribution in [2.24, 2.45) is 7.05 Å². The lowest BCUT2D eigenvalue weighted by Crippen LogP contribution is -2.24. The smallest absolute Gasteiger partial charge is 0.240 e. The summed E-state index contributed by atoms with van der Waals surface area (Å²) in [6.07, 6.45) is 5.23. The largest absolute Gasteiger partial charge is 0.368 e. The number of aromatic nitrogens is 5. The molecule has 1 saturated heterocycles. The summed E-state index contributed by atoms with van der Waals surface area (Å²) in [4.78, 5) is 11.1. The molecule has 0 saturated carbocycles. The van der Waals surface area contributed by atoms with E-state index in [0.29, 0.717) is 18.4 Å². The number of likely N-dealkylation sites (tertiary alicyclic amines) is 1. The van der Waals surface area contributed by atoms with E-state index < -0.39 is 0 Å². The van der Waals surface area contributed by atoms with E-state index in [0.717, 1.165) is 50.3 Å². The molecule has 1 aliphatic heterocycles. The fraction of sp³-hybridized carbons (Fsp3) is 0.714. The van der Waals surface area contributed by atoms with Crippen LogP contribution in [-0.4, -0.2) is 36.3 Å². The summed E-state index contributed by atoms with van der Waals surface area (Å²) < 4.78 is 6.98. The lowest BCUT2D eigenvalue weighted by Gasteiger charge is -2.19. The minimum absolute atomic E-state index is 0.175. The molecule has 0 aliphatic carbocycles. The molecular formula is C14H23N7O. The standard InChI is InChI=1S/C14H23N7O/c1-3-4-7-11-16-12(22-19-11)9-21-8-5-6-10(21)13-17-14(15)20(2)18-13/h10H,3-9H2,1-2H3,(H2,15,17,18). The highest BCUT2D eigenvalue weighted by molar-refractivity contribution is 5.17. The number of nitrogens with two attached hydrogens (primary N) is 1. The van der Waals surface area contributed by atoms with Crippen molar-refractivity contribution in [2.75, 3.05) is 12.3 Å². The average molecular weight is 305 g/mol. The molecule has 0 spiro atoms. The lowest BCUT2D eigenvalue weighted by atomic mass is 10.2. The van der Waals surface area contributed by atoms with E-state index in [4.69, 9.17) is 10.3 Å². The summed E-state index contributed by atoms with van der Waals surface area (Å²) >= 11 is 0. The predicted molar refractivity (Wildman–Crippen MR) is 80.7 cm³/mol. The van der Waals surface area contributed by atoms with Crippen molar-refractivity contribution in [3.8, 4) is 0 Å². The maximum Gasteiger partial charge on any atom is 0.240 e. The highest BCUT2D eigenvalue weighted by Crippen LogP contribution is 2.31. The molecule has 120 valence electrons. The summed E-state index contributed by atoms with van der Waals surface area (Å²) in [6.45, 7) is 3.78. The molecule has 0 radical (unpaired) electrons. The Balaban J connectivity index is 1.67. The monoisotopic (exact) mass is 305 g/mol. The van der Waals surface area contributed by atoms with Gasteiger partial charge in [0, 0.05) is 13.5 Å². The second-order valence-electron chi connectivity index (χ2n) is 5.79. The van der Waals surface area contributed by atoms with Gasteiger partial charge < -0.3 is 10.3 Å². The second-order valence-corrected chi connectivity index (χ2v) is 5.79. The van der Waals surface area contributed by atoms with E-state index in [1.165, 1.54) is 0 Å². The molecule has 1 aliphatic rings. The first-order valence-electron chi connectivity index (χ1n) is 7.89. The van der Waals surface area contributed by atoms with Gasteiger partial charge in [-0.1, -0.05) is 18.5 Å². The summed E-state index contributed by atoms with van der Waals surface area (Å²) in [7, 11) is 1.81. The van der Waals surface area contributed by atoms with Crippen molar-refractivity contribution in [3.63, 3.8) is 0 Å². The Labute approximate surface area is 129 Å². The highest BCUT2D eigenvalue weighted by Gasteiger charge is 2.30. The molecule has 3 rings (SSSR count). The van der Waals surface area contributed by atoms with Crippen LogP contribution in [0.2, 0.25) is 0 Å². The number of hydrogen-bond acceptors (Lipinski definition) is 7. The fourth-order valence-corrected chi connectivity index (χ4v) is 2.83. The first-order valence-corrected chi connectivity index (χ1v) is 7.89. The zero-order chi connectivity index (χ0) is 15.5. The van der Waals surface area contributed by atoms with Crippen LogP contribution in [0.25, 0.3) is 0 Å². The number of nitrogens with zero attached hydrogens (tertiary/aromatic N) is 6. The van der Waals surface area contributed by atoms with Gasteiger partial charge >= 0.3 is 0 Å². The molecule has 2 N–H and O–H groups in total. The maximum atomic E-state index is 5.79. The van der Waals surface area contributed by atoms with Gasteiger partial charge in [0.05, 0.1) is 12.6 Å². The third-order valence-corrected chi connectivity index (χ3v) is 4.08. The number of unbranched alkanes of at least 4 members (excludes halogenated alkanes) is 1. The topological polar surface area (TPSA) is 98.9 Å². The zero-order valence-corrected chi connectivity index (χ0v) is 13.2. The van der Waals surface area contributed by atoms with Crippen LogP contribution in [-0.2, 0) is 20.0 Å². The molecular weight excluding hydrogens is 282 g/mol. The van der Waals surface area contributed by atoms with Crippen LogP contribution < -0.4 is 5.73 Å². The maximum absolute atomic E-state index is 5.79. The zero-order valence-electron chi connectivity index (χ0n) is 13.2. The van der Waals surface area contributed by atoms with Crippen molar-refractivity contribution in [3.05, 3.63) is 17.5 Å². The van der Waals surface area contributed by atoms with Crippen LogP contribution in [0, 0.1) is 0 Å². The highest BCUT2D eigenvalue weighted by atomic mass is 16.5. The predicted octanol–water partition coefficient (Wildman–Crippen LogP) is 1.46. The molecule has 0 amide bonds. The van der Waals surface area contributed by atoms with E-state index >= 15 is 0 Å². The Morgan fingerprint density at radius 2 is 2.23 bits per heavy atom. The number of aryl methyl sites for hydroxylation is 2. The number of nitrogen functional groups attached to an aromatic ring is 1. The fourth-order valence-electron chi connectivity index (χ4n) is 2.83. The summed E-state index contributed by atoms with van der Waals surface area (Å²) in [5, 5.41) is 8.45. The van der Waals surface area contributed by atoms with E-state index in [-0.39, 0.29) is 6.04 Å². The SMILES string of the molecule is CCCCc1noc(CN2CCCC2c2nc(N)n(C)n2)n1. The van der Waals surface area contributed by atoms with Gasteiger partial charge in [0.25, 0.3) is 0 Å². The van der Waals surface area contributed by atoms with Gasteiger partial charge in [-0.05, 0) is 25.8 Å². The van der Waals surface area contributed by atoms with Crippen LogP contribution >= 0.6 is 0 Å². The minimum atomic E-state index is 0.175. The molecule has 2 aromatic heterocycles. The van der Waals surface area contributed by atoms with Gasteiger partial charge in [-0.25, -0.2) is 4.68 Å².